The van der Waals surface area contributed by atoms with Crippen molar-refractivity contribution in [1.82, 2.24) is 5.32 Å². The summed E-state index contributed by atoms with van der Waals surface area (Å²) in [7, 11) is 1.48. The molecule has 0 saturated carbocycles. The number of hydrogen-bond donors (Lipinski definition) is 1. The van der Waals surface area contributed by atoms with E-state index in [2.05, 4.69) is 31.3 Å². The smallest absolute Gasteiger partial charge is 0.264 e. The molecule has 5 nitrogen and oxygen atoms in total. The topological polar surface area (TPSA) is 73.2 Å². The van der Waals surface area contributed by atoms with Gasteiger partial charge in [0.2, 0.25) is 5.91 Å². The molecule has 1 aliphatic heterocycles. The van der Waals surface area contributed by atoms with Crippen molar-refractivity contribution in [3.05, 3.63) is 75.8 Å². The van der Waals surface area contributed by atoms with Crippen LogP contribution < -0.4 is 10.2 Å². The summed E-state index contributed by atoms with van der Waals surface area (Å²) >= 11 is 1.29. The van der Waals surface area contributed by atoms with E-state index in [9.17, 15) is 14.9 Å². The Kier molecular flexibility index (Phi) is 6.96. The largest absolute Gasteiger partial charge is 0.354 e. The van der Waals surface area contributed by atoms with Gasteiger partial charge in [0.15, 0.2) is 0 Å². The number of rotatable bonds is 6. The lowest BCUT2D eigenvalue weighted by atomic mass is 10.1. The minimum atomic E-state index is -0.490. The molecule has 0 radical (unpaired) electrons. The molecule has 30 heavy (non-hydrogen) atoms. The zero-order valence-electron chi connectivity index (χ0n) is 17.4. The van der Waals surface area contributed by atoms with E-state index in [1.165, 1.54) is 29.3 Å². The lowest BCUT2D eigenvalue weighted by molar-refractivity contribution is -0.117. The van der Waals surface area contributed by atoms with Gasteiger partial charge < -0.3 is 5.32 Å². The van der Waals surface area contributed by atoms with E-state index >= 15 is 0 Å². The maximum atomic E-state index is 13.4. The third-order valence-corrected chi connectivity index (χ3v) is 6.45. The normalized spacial score (nSPS) is 17.6. The molecule has 1 N–H and O–H groups in total. The van der Waals surface area contributed by atoms with Gasteiger partial charge in [-0.2, -0.15) is 5.26 Å². The van der Waals surface area contributed by atoms with Gasteiger partial charge in [0.25, 0.3) is 5.91 Å². The maximum absolute atomic E-state index is 13.4. The Bertz CT molecular complexity index is 1000. The average molecular weight is 420 g/mol. The summed E-state index contributed by atoms with van der Waals surface area (Å²) in [5.41, 5.74) is 4.08. The van der Waals surface area contributed by atoms with E-state index in [1.807, 2.05) is 42.5 Å². The fourth-order valence-electron chi connectivity index (χ4n) is 3.35. The van der Waals surface area contributed by atoms with Crippen LogP contribution >= 0.6 is 11.8 Å². The third kappa shape index (κ3) is 4.42. The monoisotopic (exact) mass is 419 g/mol. The van der Waals surface area contributed by atoms with Crippen molar-refractivity contribution in [3.8, 4) is 6.07 Å². The van der Waals surface area contributed by atoms with E-state index in [-0.39, 0.29) is 11.5 Å². The summed E-state index contributed by atoms with van der Waals surface area (Å²) in [6.07, 6.45) is 2.39. The van der Waals surface area contributed by atoms with Gasteiger partial charge in [0, 0.05) is 12.7 Å². The lowest BCUT2D eigenvalue weighted by Crippen LogP contribution is -2.31. The number of amides is 2. The molecule has 1 unspecified atom stereocenters. The summed E-state index contributed by atoms with van der Waals surface area (Å²) in [5.74, 6) is -0.605. The van der Waals surface area contributed by atoms with Crippen LogP contribution in [0.25, 0.3) is 0 Å². The molecule has 0 bridgehead atoms. The van der Waals surface area contributed by atoms with Crippen molar-refractivity contribution in [2.45, 2.75) is 38.4 Å². The molecule has 1 heterocycles. The number of anilines is 1. The first kappa shape index (κ1) is 21.7. The Hall–Kier alpha value is -3.04. The Labute approximate surface area is 181 Å². The number of likely N-dealkylation sites (N-methyl/N-ethyl adjacent to an activating group) is 1. The first-order valence-corrected chi connectivity index (χ1v) is 10.9. The van der Waals surface area contributed by atoms with Crippen LogP contribution in [0.2, 0.25) is 0 Å². The van der Waals surface area contributed by atoms with Crippen molar-refractivity contribution in [2.24, 2.45) is 0 Å². The first-order valence-electron chi connectivity index (χ1n) is 10.1. The molecule has 2 aromatic carbocycles. The van der Waals surface area contributed by atoms with Crippen LogP contribution in [-0.4, -0.2) is 24.1 Å². The van der Waals surface area contributed by atoms with Crippen molar-refractivity contribution < 1.29 is 9.59 Å². The Balaban J connectivity index is 1.99. The van der Waals surface area contributed by atoms with Crippen molar-refractivity contribution in [1.29, 1.82) is 5.26 Å². The van der Waals surface area contributed by atoms with Crippen LogP contribution in [-0.2, 0) is 28.9 Å². The lowest BCUT2D eigenvalue weighted by Gasteiger charge is -2.19. The SMILES string of the molecule is CCc1ccc(CC2S/C(=C(/C#N)C(=O)NC)N(c3ccc(CC)cc3)C2=O)cc1. The van der Waals surface area contributed by atoms with Crippen LogP contribution in [0.5, 0.6) is 0 Å². The standard InChI is InChI=1S/C24H25N3O2S/c1-4-16-6-8-18(9-7-16)14-21-23(29)27(19-12-10-17(5-2)11-13-19)24(30-21)20(15-25)22(28)26-3/h6-13,21H,4-5,14H2,1-3H3,(H,26,28)/b24-20-. The van der Waals surface area contributed by atoms with E-state index in [0.29, 0.717) is 17.1 Å². The fourth-order valence-corrected chi connectivity index (χ4v) is 4.66. The quantitative estimate of drug-likeness (QED) is 0.568. The molecule has 0 aromatic heterocycles. The molecule has 1 fully saturated rings. The number of aryl methyl sites for hydroxylation is 2. The van der Waals surface area contributed by atoms with Gasteiger partial charge >= 0.3 is 0 Å². The molecule has 3 rings (SSSR count). The highest BCUT2D eigenvalue weighted by Gasteiger charge is 2.40. The van der Waals surface area contributed by atoms with Crippen LogP contribution in [0.15, 0.2) is 59.1 Å². The number of thioether (sulfide) groups is 1. The second kappa shape index (κ2) is 9.64. The molecule has 1 aliphatic rings. The molecule has 0 aliphatic carbocycles. The Morgan fingerprint density at radius 1 is 1.03 bits per heavy atom. The number of nitrogens with zero attached hydrogens (tertiary/aromatic N) is 2. The van der Waals surface area contributed by atoms with Gasteiger partial charge in [0.1, 0.15) is 16.7 Å². The molecule has 154 valence electrons. The molecule has 0 spiro atoms. The summed E-state index contributed by atoms with van der Waals surface area (Å²) in [4.78, 5) is 27.2. The van der Waals surface area contributed by atoms with Crippen LogP contribution in [0.3, 0.4) is 0 Å². The number of hydrogen-bond acceptors (Lipinski definition) is 4. The van der Waals surface area contributed by atoms with E-state index in [4.69, 9.17) is 0 Å². The predicted molar refractivity (Wildman–Crippen MR) is 121 cm³/mol. The molecule has 2 aromatic rings. The van der Waals surface area contributed by atoms with E-state index < -0.39 is 11.2 Å². The van der Waals surface area contributed by atoms with Crippen molar-refractivity contribution in [3.63, 3.8) is 0 Å². The number of carbonyl (C=O) groups is 2. The van der Waals surface area contributed by atoms with Crippen LogP contribution in [0.1, 0.15) is 30.5 Å². The summed E-state index contributed by atoms with van der Waals surface area (Å²) in [6.45, 7) is 4.17. The average Bonchev–Trinajstić information content (AvgIpc) is 3.10. The first-order chi connectivity index (χ1) is 14.5. The highest BCUT2D eigenvalue weighted by Crippen LogP contribution is 2.42. The molecular weight excluding hydrogens is 394 g/mol. The second-order valence-electron chi connectivity index (χ2n) is 7.05. The van der Waals surface area contributed by atoms with Crippen LogP contribution in [0, 0.1) is 11.3 Å². The van der Waals surface area contributed by atoms with Gasteiger partial charge in [-0.25, -0.2) is 0 Å². The Morgan fingerprint density at radius 2 is 1.57 bits per heavy atom. The predicted octanol–water partition coefficient (Wildman–Crippen LogP) is 3.98. The number of nitriles is 1. The maximum Gasteiger partial charge on any atom is 0.264 e. The molecule has 1 atom stereocenters. The van der Waals surface area contributed by atoms with Gasteiger partial charge in [-0.05, 0) is 48.1 Å². The Morgan fingerprint density at radius 3 is 2.07 bits per heavy atom. The van der Waals surface area contributed by atoms with Gasteiger partial charge in [-0.3, -0.25) is 14.5 Å². The molecular formula is C24H25N3O2S. The summed E-state index contributed by atoms with van der Waals surface area (Å²) in [5, 5.41) is 12.1. The highest BCUT2D eigenvalue weighted by atomic mass is 32.2. The minimum absolute atomic E-state index is 0.0424. The van der Waals surface area contributed by atoms with E-state index in [1.54, 1.807) is 0 Å². The molecule has 1 saturated heterocycles. The highest BCUT2D eigenvalue weighted by molar-refractivity contribution is 8.05. The molecule has 2 amide bonds. The molecule has 6 heteroatoms. The van der Waals surface area contributed by atoms with Gasteiger partial charge in [-0.1, -0.05) is 62.0 Å². The number of nitrogens with one attached hydrogen (secondary N) is 1. The summed E-state index contributed by atoms with van der Waals surface area (Å²) in [6, 6.07) is 17.9. The summed E-state index contributed by atoms with van der Waals surface area (Å²) < 4.78 is 0. The number of carbonyl (C=O) groups excluding carboxylic acids is 2. The zero-order valence-corrected chi connectivity index (χ0v) is 18.3. The fraction of sp³-hybridized carbons (Fsp3) is 0.292. The van der Waals surface area contributed by atoms with Crippen LogP contribution in [0.4, 0.5) is 5.69 Å². The minimum Gasteiger partial charge on any atom is -0.354 e. The van der Waals surface area contributed by atoms with Crippen molar-refractivity contribution in [2.75, 3.05) is 11.9 Å². The van der Waals surface area contributed by atoms with Gasteiger partial charge in [-0.15, -0.1) is 0 Å². The third-order valence-electron chi connectivity index (χ3n) is 5.19. The second-order valence-corrected chi connectivity index (χ2v) is 8.24. The van der Waals surface area contributed by atoms with Gasteiger partial charge in [0.05, 0.1) is 5.25 Å². The van der Waals surface area contributed by atoms with E-state index in [0.717, 1.165) is 24.0 Å². The van der Waals surface area contributed by atoms with Crippen molar-refractivity contribution >= 4 is 29.3 Å². The number of benzene rings is 2. The zero-order chi connectivity index (χ0) is 21.7.